The predicted molar refractivity (Wildman–Crippen MR) is 118 cm³/mol. The van der Waals surface area contributed by atoms with Gasteiger partial charge in [-0.05, 0) is 44.5 Å². The molecule has 10 heteroatoms. The molecule has 0 spiro atoms. The third kappa shape index (κ3) is 4.80. The van der Waals surface area contributed by atoms with E-state index in [2.05, 4.69) is 15.6 Å². The molecule has 0 aliphatic rings. The summed E-state index contributed by atoms with van der Waals surface area (Å²) in [5.41, 5.74) is 0.924. The standard InChI is InChI=1S/C21H22N4O5S/c1-4-22-18(27)13-7-6-8-14(9-13)24-15(26)10-25-11-23-19-16(20(25)28)12(3)17(31-19)21(29)30-5-2/h6-9,11H,4-5,10H2,1-3H3,(H,22,27)(H,24,26). The molecular formula is C21H22N4O5S. The predicted octanol–water partition coefficient (Wildman–Crippen LogP) is 2.33. The first-order valence-corrected chi connectivity index (χ1v) is 10.5. The van der Waals surface area contributed by atoms with Gasteiger partial charge in [0.15, 0.2) is 0 Å². The van der Waals surface area contributed by atoms with E-state index in [9.17, 15) is 19.2 Å². The Hall–Kier alpha value is -3.53. The Labute approximate surface area is 182 Å². The molecule has 0 saturated carbocycles. The van der Waals surface area contributed by atoms with Crippen molar-refractivity contribution in [2.24, 2.45) is 0 Å². The first-order chi connectivity index (χ1) is 14.8. The minimum atomic E-state index is -0.501. The SMILES string of the molecule is CCNC(=O)c1cccc(NC(=O)Cn2cnc3sc(C(=O)OCC)c(C)c3c2=O)c1. The monoisotopic (exact) mass is 442 g/mol. The van der Waals surface area contributed by atoms with Crippen molar-refractivity contribution in [1.82, 2.24) is 14.9 Å². The molecule has 0 aliphatic heterocycles. The molecule has 0 radical (unpaired) electrons. The first kappa shape index (κ1) is 22.2. The Morgan fingerprint density at radius 1 is 1.23 bits per heavy atom. The Morgan fingerprint density at radius 2 is 2.00 bits per heavy atom. The maximum atomic E-state index is 12.9. The van der Waals surface area contributed by atoms with Gasteiger partial charge >= 0.3 is 5.97 Å². The number of nitrogens with one attached hydrogen (secondary N) is 2. The number of rotatable bonds is 7. The summed E-state index contributed by atoms with van der Waals surface area (Å²) in [5, 5.41) is 5.67. The second kappa shape index (κ2) is 9.52. The average Bonchev–Trinajstić information content (AvgIpc) is 3.08. The highest BCUT2D eigenvalue weighted by Crippen LogP contribution is 2.27. The van der Waals surface area contributed by atoms with Crippen LogP contribution in [0.1, 0.15) is 39.4 Å². The molecule has 9 nitrogen and oxygen atoms in total. The van der Waals surface area contributed by atoms with Crippen LogP contribution in [0.2, 0.25) is 0 Å². The van der Waals surface area contributed by atoms with Crippen molar-refractivity contribution in [2.45, 2.75) is 27.3 Å². The van der Waals surface area contributed by atoms with Crippen molar-refractivity contribution in [3.8, 4) is 0 Å². The van der Waals surface area contributed by atoms with Crippen LogP contribution >= 0.6 is 11.3 Å². The van der Waals surface area contributed by atoms with Gasteiger partial charge in [0.1, 0.15) is 16.3 Å². The fraction of sp³-hybridized carbons (Fsp3) is 0.286. The molecule has 0 unspecified atom stereocenters. The highest BCUT2D eigenvalue weighted by molar-refractivity contribution is 7.20. The third-order valence-electron chi connectivity index (χ3n) is 4.44. The minimum absolute atomic E-state index is 0.228. The van der Waals surface area contributed by atoms with E-state index in [1.54, 1.807) is 38.1 Å². The van der Waals surface area contributed by atoms with Gasteiger partial charge in [0.25, 0.3) is 11.5 Å². The summed E-state index contributed by atoms with van der Waals surface area (Å²) >= 11 is 1.09. The number of carbonyl (C=O) groups is 3. The molecule has 2 heterocycles. The second-order valence-corrected chi connectivity index (χ2v) is 7.62. The molecule has 3 aromatic rings. The van der Waals surface area contributed by atoms with Gasteiger partial charge in [-0.3, -0.25) is 19.0 Å². The number of anilines is 1. The summed E-state index contributed by atoms with van der Waals surface area (Å²) in [5.74, 6) is -1.19. The van der Waals surface area contributed by atoms with E-state index < -0.39 is 17.4 Å². The number of thiophene rings is 1. The van der Waals surface area contributed by atoms with Gasteiger partial charge in [-0.2, -0.15) is 0 Å². The van der Waals surface area contributed by atoms with E-state index in [-0.39, 0.29) is 19.1 Å². The number of benzene rings is 1. The lowest BCUT2D eigenvalue weighted by Crippen LogP contribution is -2.28. The maximum absolute atomic E-state index is 12.9. The van der Waals surface area contributed by atoms with Crippen LogP contribution in [0.25, 0.3) is 10.2 Å². The van der Waals surface area contributed by atoms with Gasteiger partial charge in [-0.25, -0.2) is 9.78 Å². The summed E-state index contributed by atoms with van der Waals surface area (Å²) in [6, 6.07) is 6.51. The van der Waals surface area contributed by atoms with Crippen LogP contribution in [0, 0.1) is 6.92 Å². The highest BCUT2D eigenvalue weighted by atomic mass is 32.1. The number of amides is 2. The average molecular weight is 442 g/mol. The summed E-state index contributed by atoms with van der Waals surface area (Å²) in [7, 11) is 0. The lowest BCUT2D eigenvalue weighted by Gasteiger charge is -2.09. The third-order valence-corrected chi connectivity index (χ3v) is 5.62. The number of aromatic nitrogens is 2. The number of esters is 1. The summed E-state index contributed by atoms with van der Waals surface area (Å²) in [6.07, 6.45) is 1.28. The number of hydrogen-bond acceptors (Lipinski definition) is 7. The number of fused-ring (bicyclic) bond motifs is 1. The van der Waals surface area contributed by atoms with Crippen LogP contribution in [0.4, 0.5) is 5.69 Å². The van der Waals surface area contributed by atoms with E-state index >= 15 is 0 Å². The van der Waals surface area contributed by atoms with Crippen LogP contribution in [0.3, 0.4) is 0 Å². The van der Waals surface area contributed by atoms with E-state index in [1.807, 2.05) is 6.92 Å². The highest BCUT2D eigenvalue weighted by Gasteiger charge is 2.20. The minimum Gasteiger partial charge on any atom is -0.462 e. The van der Waals surface area contributed by atoms with Gasteiger partial charge < -0.3 is 15.4 Å². The summed E-state index contributed by atoms with van der Waals surface area (Å²) in [6.45, 7) is 5.63. The van der Waals surface area contributed by atoms with Crippen LogP contribution in [0.15, 0.2) is 35.4 Å². The van der Waals surface area contributed by atoms with Crippen LogP contribution in [-0.4, -0.2) is 40.5 Å². The number of nitrogens with zero attached hydrogens (tertiary/aromatic N) is 2. The largest absolute Gasteiger partial charge is 0.462 e. The normalized spacial score (nSPS) is 10.7. The molecule has 3 rings (SSSR count). The molecule has 0 atom stereocenters. The van der Waals surface area contributed by atoms with Crippen molar-refractivity contribution < 1.29 is 19.1 Å². The number of carbonyl (C=O) groups excluding carboxylic acids is 3. The number of aryl methyl sites for hydroxylation is 1. The van der Waals surface area contributed by atoms with Crippen LogP contribution < -0.4 is 16.2 Å². The first-order valence-electron chi connectivity index (χ1n) is 9.69. The molecule has 2 aromatic heterocycles. The van der Waals surface area contributed by atoms with E-state index in [1.165, 1.54) is 10.9 Å². The maximum Gasteiger partial charge on any atom is 0.348 e. The molecule has 0 fully saturated rings. The molecule has 1 aromatic carbocycles. The van der Waals surface area contributed by atoms with Crippen LogP contribution in [-0.2, 0) is 16.1 Å². The quantitative estimate of drug-likeness (QED) is 0.542. The van der Waals surface area contributed by atoms with Gasteiger partial charge in [0, 0.05) is 17.8 Å². The summed E-state index contributed by atoms with van der Waals surface area (Å²) in [4.78, 5) is 54.4. The van der Waals surface area contributed by atoms with Crippen molar-refractivity contribution in [3.63, 3.8) is 0 Å². The topological polar surface area (TPSA) is 119 Å². The Balaban J connectivity index is 1.81. The lowest BCUT2D eigenvalue weighted by atomic mass is 10.2. The molecule has 162 valence electrons. The molecule has 0 aliphatic carbocycles. The summed E-state index contributed by atoms with van der Waals surface area (Å²) < 4.78 is 6.20. The fourth-order valence-electron chi connectivity index (χ4n) is 3.02. The Morgan fingerprint density at radius 3 is 2.71 bits per heavy atom. The molecule has 0 saturated heterocycles. The van der Waals surface area contributed by atoms with Crippen molar-refractivity contribution >= 4 is 45.0 Å². The Bertz CT molecular complexity index is 1210. The molecular weight excluding hydrogens is 420 g/mol. The Kier molecular flexibility index (Phi) is 6.81. The van der Waals surface area contributed by atoms with Gasteiger partial charge in [-0.1, -0.05) is 6.07 Å². The number of ether oxygens (including phenoxy) is 1. The zero-order valence-electron chi connectivity index (χ0n) is 17.4. The van der Waals surface area contributed by atoms with Gasteiger partial charge in [0.05, 0.1) is 18.3 Å². The number of hydrogen-bond donors (Lipinski definition) is 2. The molecule has 2 N–H and O–H groups in total. The van der Waals surface area contributed by atoms with Gasteiger partial charge in [0.2, 0.25) is 5.91 Å². The van der Waals surface area contributed by atoms with Gasteiger partial charge in [-0.15, -0.1) is 11.3 Å². The van der Waals surface area contributed by atoms with Crippen molar-refractivity contribution in [1.29, 1.82) is 0 Å². The van der Waals surface area contributed by atoms with E-state index in [4.69, 9.17) is 4.74 Å². The van der Waals surface area contributed by atoms with E-state index in [0.29, 0.717) is 38.5 Å². The molecule has 2 amide bonds. The zero-order chi connectivity index (χ0) is 22.5. The van der Waals surface area contributed by atoms with Crippen LogP contribution in [0.5, 0.6) is 0 Å². The fourth-order valence-corrected chi connectivity index (χ4v) is 4.05. The van der Waals surface area contributed by atoms with Crippen molar-refractivity contribution in [3.05, 3.63) is 57.0 Å². The lowest BCUT2D eigenvalue weighted by molar-refractivity contribution is -0.116. The smallest absolute Gasteiger partial charge is 0.348 e. The molecule has 0 bridgehead atoms. The van der Waals surface area contributed by atoms with Crippen molar-refractivity contribution in [2.75, 3.05) is 18.5 Å². The van der Waals surface area contributed by atoms with E-state index in [0.717, 1.165) is 11.3 Å². The zero-order valence-corrected chi connectivity index (χ0v) is 18.2. The second-order valence-electron chi connectivity index (χ2n) is 6.62. The molecule has 31 heavy (non-hydrogen) atoms.